The van der Waals surface area contributed by atoms with Crippen LogP contribution in [0.25, 0.3) is 0 Å². The fraction of sp³-hybridized carbons (Fsp3) is 0.462. The van der Waals surface area contributed by atoms with Crippen molar-refractivity contribution in [2.24, 2.45) is 11.8 Å². The average molecular weight is 390 g/mol. The second-order valence-electron chi connectivity index (χ2n) is 8.76. The normalized spacial score (nSPS) is 19.0. The van der Waals surface area contributed by atoms with Crippen LogP contribution in [-0.2, 0) is 11.2 Å². The van der Waals surface area contributed by atoms with E-state index < -0.39 is 0 Å². The summed E-state index contributed by atoms with van der Waals surface area (Å²) in [4.78, 5) is 12.6. The summed E-state index contributed by atoms with van der Waals surface area (Å²) in [6, 6.07) is 16.5. The molecule has 3 rings (SSSR count). The number of rotatable bonds is 6. The zero-order chi connectivity index (χ0) is 20.8. The zero-order valence-electron chi connectivity index (χ0n) is 17.8. The summed E-state index contributed by atoms with van der Waals surface area (Å²) in [6.07, 6.45) is 6.05. The van der Waals surface area contributed by atoms with E-state index in [1.165, 1.54) is 17.5 Å². The van der Waals surface area contributed by atoms with Crippen LogP contribution in [0.15, 0.2) is 42.5 Å². The molecule has 0 unspecified atom stereocenters. The molecule has 2 aromatic carbocycles. The third-order valence-corrected chi connectivity index (χ3v) is 5.99. The molecule has 0 amide bonds. The van der Waals surface area contributed by atoms with Crippen molar-refractivity contribution in [3.63, 3.8) is 0 Å². The number of aryl methyl sites for hydroxylation is 2. The van der Waals surface area contributed by atoms with E-state index in [4.69, 9.17) is 4.74 Å². The Bertz CT molecular complexity index is 869. The minimum Gasteiger partial charge on any atom is -0.425 e. The largest absolute Gasteiger partial charge is 0.425 e. The van der Waals surface area contributed by atoms with Crippen LogP contribution in [-0.4, -0.2) is 5.97 Å². The average Bonchev–Trinajstić information content (AvgIpc) is 2.74. The van der Waals surface area contributed by atoms with Crippen molar-refractivity contribution in [2.45, 2.75) is 65.2 Å². The van der Waals surface area contributed by atoms with Crippen molar-refractivity contribution in [3.05, 3.63) is 64.7 Å². The molecule has 0 heterocycles. The molecule has 0 spiro atoms. The number of carbonyl (C=O) groups excluding carboxylic acids is 1. The van der Waals surface area contributed by atoms with E-state index >= 15 is 0 Å². The van der Waals surface area contributed by atoms with E-state index in [2.05, 4.69) is 44.2 Å². The molecule has 3 heteroatoms. The number of esters is 1. The van der Waals surface area contributed by atoms with Gasteiger partial charge in [0.25, 0.3) is 0 Å². The maximum atomic E-state index is 12.6. The van der Waals surface area contributed by atoms with Gasteiger partial charge in [0.1, 0.15) is 11.8 Å². The van der Waals surface area contributed by atoms with Crippen molar-refractivity contribution in [1.82, 2.24) is 0 Å². The molecule has 0 radical (unpaired) electrons. The van der Waals surface area contributed by atoms with Crippen molar-refractivity contribution < 1.29 is 9.53 Å². The molecule has 0 bridgehead atoms. The van der Waals surface area contributed by atoms with Gasteiger partial charge in [-0.1, -0.05) is 44.2 Å². The lowest BCUT2D eigenvalue weighted by Crippen LogP contribution is -2.25. The van der Waals surface area contributed by atoms with Gasteiger partial charge in [-0.3, -0.25) is 4.79 Å². The predicted octanol–water partition coefficient (Wildman–Crippen LogP) is 6.33. The number of benzene rings is 2. The number of carbonyl (C=O) groups is 1. The van der Waals surface area contributed by atoms with Gasteiger partial charge in [-0.15, -0.1) is 0 Å². The summed E-state index contributed by atoms with van der Waals surface area (Å²) < 4.78 is 5.57. The Hall–Kier alpha value is -2.60. The second-order valence-corrected chi connectivity index (χ2v) is 8.76. The molecule has 2 aromatic rings. The molecule has 0 N–H and O–H groups in total. The molecule has 3 nitrogen and oxygen atoms in total. The van der Waals surface area contributed by atoms with Crippen LogP contribution in [0.5, 0.6) is 5.75 Å². The van der Waals surface area contributed by atoms with Crippen LogP contribution >= 0.6 is 0 Å². The van der Waals surface area contributed by atoms with E-state index in [1.54, 1.807) is 12.1 Å². The minimum absolute atomic E-state index is 0.0792. The highest BCUT2D eigenvalue weighted by atomic mass is 16.5. The summed E-state index contributed by atoms with van der Waals surface area (Å²) in [5, 5.41) is 9.27. The molecule has 1 aliphatic rings. The van der Waals surface area contributed by atoms with Crippen LogP contribution in [0.3, 0.4) is 0 Å². The maximum absolute atomic E-state index is 12.6. The van der Waals surface area contributed by atoms with Crippen molar-refractivity contribution in [2.75, 3.05) is 0 Å². The summed E-state index contributed by atoms with van der Waals surface area (Å²) >= 11 is 0. The summed E-state index contributed by atoms with van der Waals surface area (Å²) in [5.41, 5.74) is 4.20. The van der Waals surface area contributed by atoms with Gasteiger partial charge in [-0.05, 0) is 86.1 Å². The smallest absolute Gasteiger partial charge is 0.314 e. The van der Waals surface area contributed by atoms with Crippen LogP contribution < -0.4 is 4.74 Å². The Morgan fingerprint density at radius 2 is 1.79 bits per heavy atom. The van der Waals surface area contributed by atoms with Gasteiger partial charge < -0.3 is 4.74 Å². The number of nitrogens with zero attached hydrogens (tertiary/aromatic N) is 1. The first-order valence-corrected chi connectivity index (χ1v) is 10.8. The molecule has 152 valence electrons. The lowest BCUT2D eigenvalue weighted by molar-refractivity contribution is -0.140. The predicted molar refractivity (Wildman–Crippen MR) is 116 cm³/mol. The summed E-state index contributed by atoms with van der Waals surface area (Å²) in [5.74, 6) is 1.35. The molecular formula is C26H31NO2. The Labute approximate surface area is 174 Å². The fourth-order valence-electron chi connectivity index (χ4n) is 4.09. The molecule has 0 aromatic heterocycles. The molecule has 0 saturated heterocycles. The third kappa shape index (κ3) is 5.70. The van der Waals surface area contributed by atoms with Gasteiger partial charge in [0.2, 0.25) is 0 Å². The van der Waals surface area contributed by atoms with E-state index in [0.29, 0.717) is 17.2 Å². The Morgan fingerprint density at radius 1 is 1.10 bits per heavy atom. The molecule has 1 saturated carbocycles. The number of hydrogen-bond acceptors (Lipinski definition) is 3. The Morgan fingerprint density at radius 3 is 2.41 bits per heavy atom. The van der Waals surface area contributed by atoms with Gasteiger partial charge >= 0.3 is 5.97 Å². The van der Waals surface area contributed by atoms with Gasteiger partial charge in [-0.25, -0.2) is 0 Å². The SMILES string of the molecule is Cc1ccc(OC(=O)C2CCC(c3ccc(CCC(C)C)cc3)CC2)c(C#N)c1. The quantitative estimate of drug-likeness (QED) is 0.428. The van der Waals surface area contributed by atoms with E-state index in [1.807, 2.05) is 13.0 Å². The molecule has 29 heavy (non-hydrogen) atoms. The monoisotopic (exact) mass is 389 g/mol. The number of hydrogen-bond donors (Lipinski definition) is 0. The van der Waals surface area contributed by atoms with Crippen LogP contribution in [0.2, 0.25) is 0 Å². The highest BCUT2D eigenvalue weighted by Gasteiger charge is 2.29. The molecule has 1 aliphatic carbocycles. The number of nitriles is 1. The zero-order valence-corrected chi connectivity index (χ0v) is 17.8. The third-order valence-electron chi connectivity index (χ3n) is 5.99. The summed E-state index contributed by atoms with van der Waals surface area (Å²) in [7, 11) is 0. The second kappa shape index (κ2) is 9.74. The van der Waals surface area contributed by atoms with Crippen molar-refractivity contribution in [1.29, 1.82) is 5.26 Å². The topological polar surface area (TPSA) is 50.1 Å². The van der Waals surface area contributed by atoms with E-state index in [0.717, 1.165) is 43.6 Å². The first kappa shape index (κ1) is 21.1. The Balaban J connectivity index is 1.54. The lowest BCUT2D eigenvalue weighted by Gasteiger charge is -2.27. The van der Waals surface area contributed by atoms with E-state index in [9.17, 15) is 10.1 Å². The van der Waals surface area contributed by atoms with Gasteiger partial charge in [0.05, 0.1) is 11.5 Å². The fourth-order valence-corrected chi connectivity index (χ4v) is 4.09. The van der Waals surface area contributed by atoms with Crippen LogP contribution in [0.1, 0.15) is 74.1 Å². The first-order valence-electron chi connectivity index (χ1n) is 10.8. The highest BCUT2D eigenvalue weighted by molar-refractivity contribution is 5.76. The standard InChI is InChI=1S/C26H31NO2/c1-18(2)4-6-20-7-9-21(10-8-20)22-11-13-23(14-12-22)26(28)29-25-15-5-19(3)16-24(25)17-27/h5,7-10,15-16,18,22-23H,4,6,11-14H2,1-3H3. The van der Waals surface area contributed by atoms with Crippen LogP contribution in [0, 0.1) is 30.1 Å². The first-order chi connectivity index (χ1) is 14.0. The number of ether oxygens (including phenoxy) is 1. The lowest BCUT2D eigenvalue weighted by atomic mass is 9.78. The van der Waals surface area contributed by atoms with Crippen LogP contribution in [0.4, 0.5) is 0 Å². The van der Waals surface area contributed by atoms with Gasteiger partial charge in [0, 0.05) is 0 Å². The van der Waals surface area contributed by atoms with Crippen molar-refractivity contribution in [3.8, 4) is 11.8 Å². The van der Waals surface area contributed by atoms with Gasteiger partial charge in [0.15, 0.2) is 0 Å². The van der Waals surface area contributed by atoms with E-state index in [-0.39, 0.29) is 11.9 Å². The molecule has 1 fully saturated rings. The minimum atomic E-state index is -0.201. The maximum Gasteiger partial charge on any atom is 0.314 e. The van der Waals surface area contributed by atoms with Gasteiger partial charge in [-0.2, -0.15) is 5.26 Å². The van der Waals surface area contributed by atoms with Crippen molar-refractivity contribution >= 4 is 5.97 Å². The highest BCUT2D eigenvalue weighted by Crippen LogP contribution is 2.36. The molecule has 0 aliphatic heterocycles. The summed E-state index contributed by atoms with van der Waals surface area (Å²) in [6.45, 7) is 6.44. The molecular weight excluding hydrogens is 358 g/mol. The Kier molecular flexibility index (Phi) is 7.09. The molecule has 0 atom stereocenters.